The normalized spacial score (nSPS) is 13.3. The number of nitrogens with zero attached hydrogens (tertiary/aromatic N) is 1. The zero-order valence-corrected chi connectivity index (χ0v) is 10.5. The summed E-state index contributed by atoms with van der Waals surface area (Å²) in [6.45, 7) is 2.26. The second kappa shape index (κ2) is 4.31. The number of benzene rings is 1. The quantitative estimate of drug-likeness (QED) is 0.700. The van der Waals surface area contributed by atoms with Gasteiger partial charge >= 0.3 is 0 Å². The number of hydrogen-bond acceptors (Lipinski definition) is 0. The first-order valence-corrected chi connectivity index (χ1v) is 7.21. The van der Waals surface area contributed by atoms with Crippen LogP contribution in [0, 0.1) is 0 Å². The summed E-state index contributed by atoms with van der Waals surface area (Å²) in [5.74, 6) is 1.30. The van der Waals surface area contributed by atoms with Crippen molar-refractivity contribution in [2.24, 2.45) is 7.05 Å². The first-order chi connectivity index (χ1) is 7.24. The molecule has 0 bridgehead atoms. The van der Waals surface area contributed by atoms with E-state index in [4.69, 9.17) is 0 Å². The molecule has 0 spiro atoms. The van der Waals surface area contributed by atoms with Crippen molar-refractivity contribution in [2.75, 3.05) is 12.0 Å². The first kappa shape index (κ1) is 10.6. The van der Waals surface area contributed by atoms with Crippen LogP contribution >= 0.6 is 0 Å². The predicted molar refractivity (Wildman–Crippen MR) is 69.6 cm³/mol. The fourth-order valence-corrected chi connectivity index (χ4v) is 3.72. The SMILES string of the molecule is CCC[S+](C)c1cn(C)c2ccccc12. The smallest absolute Gasteiger partial charge is 0.180 e. The molecule has 0 radical (unpaired) electrons. The summed E-state index contributed by atoms with van der Waals surface area (Å²) in [7, 11) is 2.53. The molecule has 1 nitrogen and oxygen atoms in total. The molecule has 15 heavy (non-hydrogen) atoms. The molecule has 0 aliphatic rings. The Bertz CT molecular complexity index is 459. The van der Waals surface area contributed by atoms with Crippen LogP contribution in [0.1, 0.15) is 13.3 Å². The fraction of sp³-hybridized carbons (Fsp3) is 0.385. The summed E-state index contributed by atoms with van der Waals surface area (Å²) in [6, 6.07) is 8.68. The molecule has 1 unspecified atom stereocenters. The van der Waals surface area contributed by atoms with Crippen LogP contribution in [0.25, 0.3) is 10.9 Å². The third-order valence-electron chi connectivity index (χ3n) is 2.75. The van der Waals surface area contributed by atoms with E-state index in [-0.39, 0.29) is 0 Å². The Balaban J connectivity index is 2.52. The molecule has 2 aromatic rings. The molecule has 2 heteroatoms. The van der Waals surface area contributed by atoms with E-state index in [1.165, 1.54) is 28.0 Å². The Morgan fingerprint density at radius 2 is 2.00 bits per heavy atom. The second-order valence-electron chi connectivity index (χ2n) is 3.96. The van der Waals surface area contributed by atoms with E-state index in [1.807, 2.05) is 0 Å². The molecule has 80 valence electrons. The van der Waals surface area contributed by atoms with Gasteiger partial charge in [0.25, 0.3) is 0 Å². The van der Waals surface area contributed by atoms with Gasteiger partial charge in [-0.2, -0.15) is 0 Å². The van der Waals surface area contributed by atoms with Crippen molar-refractivity contribution >= 4 is 21.8 Å². The molecule has 0 saturated carbocycles. The first-order valence-electron chi connectivity index (χ1n) is 5.40. The van der Waals surface area contributed by atoms with Gasteiger partial charge in [0, 0.05) is 17.9 Å². The largest absolute Gasteiger partial charge is 0.346 e. The summed E-state index contributed by atoms with van der Waals surface area (Å²) in [5.41, 5.74) is 1.35. The van der Waals surface area contributed by atoms with E-state index in [2.05, 4.69) is 55.3 Å². The van der Waals surface area contributed by atoms with Crippen molar-refractivity contribution in [2.45, 2.75) is 18.2 Å². The molecule has 1 aromatic heterocycles. The summed E-state index contributed by atoms with van der Waals surface area (Å²) >= 11 is 0. The van der Waals surface area contributed by atoms with Crippen LogP contribution in [0.4, 0.5) is 0 Å². The molecule has 0 amide bonds. The van der Waals surface area contributed by atoms with E-state index < -0.39 is 0 Å². The number of fused-ring (bicyclic) bond motifs is 1. The van der Waals surface area contributed by atoms with Crippen LogP contribution in [0.3, 0.4) is 0 Å². The molecular weight excluding hydrogens is 202 g/mol. The van der Waals surface area contributed by atoms with Crippen LogP contribution in [0.2, 0.25) is 0 Å². The van der Waals surface area contributed by atoms with Crippen molar-refractivity contribution in [3.8, 4) is 0 Å². The van der Waals surface area contributed by atoms with Gasteiger partial charge in [0.05, 0.1) is 17.1 Å². The van der Waals surface area contributed by atoms with E-state index >= 15 is 0 Å². The minimum Gasteiger partial charge on any atom is -0.346 e. The molecule has 2 rings (SSSR count). The molecule has 0 aliphatic heterocycles. The lowest BCUT2D eigenvalue weighted by atomic mass is 10.2. The average Bonchev–Trinajstić information content (AvgIpc) is 2.58. The van der Waals surface area contributed by atoms with Gasteiger partial charge in [0.15, 0.2) is 4.90 Å². The molecule has 1 aromatic carbocycles. The maximum absolute atomic E-state index is 2.35. The molecule has 0 N–H and O–H groups in total. The Morgan fingerprint density at radius 3 is 2.73 bits per heavy atom. The number of para-hydroxylation sites is 1. The Labute approximate surface area is 94.4 Å². The van der Waals surface area contributed by atoms with E-state index in [0.717, 1.165) is 0 Å². The molecular formula is C13H18NS+. The third-order valence-corrected chi connectivity index (χ3v) is 4.84. The van der Waals surface area contributed by atoms with Crippen LogP contribution in [-0.2, 0) is 17.9 Å². The van der Waals surface area contributed by atoms with Crippen LogP contribution < -0.4 is 0 Å². The van der Waals surface area contributed by atoms with Gasteiger partial charge in [0.1, 0.15) is 12.0 Å². The van der Waals surface area contributed by atoms with Gasteiger partial charge in [-0.1, -0.05) is 19.1 Å². The summed E-state index contributed by atoms with van der Waals surface area (Å²) < 4.78 is 2.24. The van der Waals surface area contributed by atoms with Gasteiger partial charge in [-0.3, -0.25) is 0 Å². The maximum atomic E-state index is 2.35. The topological polar surface area (TPSA) is 4.93 Å². The van der Waals surface area contributed by atoms with Gasteiger partial charge in [0.2, 0.25) is 0 Å². The highest BCUT2D eigenvalue weighted by Gasteiger charge is 2.19. The average molecular weight is 220 g/mol. The standard InChI is InChI=1S/C13H18NS/c1-4-9-15(3)13-10-14(2)12-8-6-5-7-11(12)13/h5-8,10H,4,9H2,1-3H3/q+1. The van der Waals surface area contributed by atoms with Gasteiger partial charge < -0.3 is 4.57 Å². The zero-order valence-electron chi connectivity index (χ0n) is 9.66. The van der Waals surface area contributed by atoms with Crippen LogP contribution in [-0.4, -0.2) is 16.6 Å². The van der Waals surface area contributed by atoms with Crippen LogP contribution in [0.5, 0.6) is 0 Å². The number of hydrogen-bond donors (Lipinski definition) is 0. The molecule has 0 fully saturated rings. The maximum Gasteiger partial charge on any atom is 0.180 e. The molecule has 1 heterocycles. The highest BCUT2D eigenvalue weighted by Crippen LogP contribution is 2.25. The van der Waals surface area contributed by atoms with Crippen LogP contribution in [0.15, 0.2) is 35.4 Å². The van der Waals surface area contributed by atoms with Crippen molar-refractivity contribution in [3.05, 3.63) is 30.5 Å². The highest BCUT2D eigenvalue weighted by molar-refractivity contribution is 7.96. The van der Waals surface area contributed by atoms with Gasteiger partial charge in [-0.15, -0.1) is 0 Å². The third kappa shape index (κ3) is 1.91. The van der Waals surface area contributed by atoms with Crippen molar-refractivity contribution in [1.82, 2.24) is 4.57 Å². The minimum absolute atomic E-state index is 0.392. The minimum atomic E-state index is 0.392. The summed E-state index contributed by atoms with van der Waals surface area (Å²) in [5, 5.41) is 1.43. The number of rotatable bonds is 3. The van der Waals surface area contributed by atoms with Crippen molar-refractivity contribution in [1.29, 1.82) is 0 Å². The summed E-state index contributed by atoms with van der Waals surface area (Å²) in [6.07, 6.45) is 5.91. The molecule has 0 saturated heterocycles. The molecule has 0 aliphatic carbocycles. The number of aryl methyl sites for hydroxylation is 1. The van der Waals surface area contributed by atoms with Gasteiger partial charge in [-0.25, -0.2) is 0 Å². The summed E-state index contributed by atoms with van der Waals surface area (Å²) in [4.78, 5) is 1.52. The van der Waals surface area contributed by atoms with Crippen molar-refractivity contribution < 1.29 is 0 Å². The van der Waals surface area contributed by atoms with E-state index in [1.54, 1.807) is 0 Å². The Morgan fingerprint density at radius 1 is 1.27 bits per heavy atom. The second-order valence-corrected chi connectivity index (χ2v) is 6.09. The van der Waals surface area contributed by atoms with E-state index in [0.29, 0.717) is 10.9 Å². The fourth-order valence-electron chi connectivity index (χ4n) is 2.00. The lowest BCUT2D eigenvalue weighted by Gasteiger charge is -1.98. The monoisotopic (exact) mass is 220 g/mol. The van der Waals surface area contributed by atoms with Crippen molar-refractivity contribution in [3.63, 3.8) is 0 Å². The Kier molecular flexibility index (Phi) is 3.06. The van der Waals surface area contributed by atoms with Gasteiger partial charge in [-0.05, 0) is 18.6 Å². The predicted octanol–water partition coefficient (Wildman–Crippen LogP) is 3.20. The lowest BCUT2D eigenvalue weighted by Crippen LogP contribution is -2.03. The number of aromatic nitrogens is 1. The van der Waals surface area contributed by atoms with E-state index in [9.17, 15) is 0 Å². The zero-order chi connectivity index (χ0) is 10.8. The lowest BCUT2D eigenvalue weighted by molar-refractivity contribution is 0.956. The Hall–Kier alpha value is -0.890. The highest BCUT2D eigenvalue weighted by atomic mass is 32.2. The molecule has 1 atom stereocenters.